The monoisotopic (exact) mass is 272 g/mol. The van der Waals surface area contributed by atoms with Crippen LogP contribution in [-0.4, -0.2) is 50.3 Å². The molecule has 0 aliphatic carbocycles. The zero-order valence-electron chi connectivity index (χ0n) is 10.3. The fourth-order valence-corrected chi connectivity index (χ4v) is 2.20. The van der Waals surface area contributed by atoms with Crippen molar-refractivity contribution < 1.29 is 20.1 Å². The Bertz CT molecular complexity index is 565. The molecule has 0 spiro atoms. The molecule has 1 fully saturated rings. The molecule has 1 aromatic heterocycles. The molecule has 8 nitrogen and oxygen atoms in total. The summed E-state index contributed by atoms with van der Waals surface area (Å²) in [6.07, 6.45) is -1.67. The van der Waals surface area contributed by atoms with E-state index in [2.05, 4.69) is 4.98 Å². The molecule has 0 radical (unpaired) electrons. The van der Waals surface area contributed by atoms with Crippen LogP contribution in [0.4, 0.5) is 0 Å². The molecular formula is C11H16N2O6. The first-order valence-electron chi connectivity index (χ1n) is 5.87. The molecule has 0 unspecified atom stereocenters. The molecule has 2 rings (SSSR count). The van der Waals surface area contributed by atoms with Crippen LogP contribution in [0.2, 0.25) is 0 Å². The zero-order chi connectivity index (χ0) is 14.2. The number of rotatable bonds is 3. The first-order chi connectivity index (χ1) is 8.99. The maximum absolute atomic E-state index is 11.7. The SMILES string of the molecule is Cc1cn([C@@H]2O[C@H](CO)[C@@H](CO)[C@H]2O)c(=O)[nH]c1=O. The molecule has 19 heavy (non-hydrogen) atoms. The topological polar surface area (TPSA) is 125 Å². The summed E-state index contributed by atoms with van der Waals surface area (Å²) >= 11 is 0. The number of aromatic nitrogens is 2. The van der Waals surface area contributed by atoms with Crippen LogP contribution in [0.5, 0.6) is 0 Å². The van der Waals surface area contributed by atoms with Crippen LogP contribution in [0.3, 0.4) is 0 Å². The molecule has 0 bridgehead atoms. The van der Waals surface area contributed by atoms with Gasteiger partial charge < -0.3 is 20.1 Å². The molecule has 1 aliphatic rings. The van der Waals surface area contributed by atoms with Crippen LogP contribution in [0.15, 0.2) is 15.8 Å². The predicted octanol–water partition coefficient (Wildman–Crippen LogP) is -2.30. The number of nitrogens with one attached hydrogen (secondary N) is 1. The molecule has 1 aliphatic heterocycles. The second kappa shape index (κ2) is 5.25. The van der Waals surface area contributed by atoms with Gasteiger partial charge in [0.1, 0.15) is 6.10 Å². The van der Waals surface area contributed by atoms with Crippen LogP contribution in [-0.2, 0) is 4.74 Å². The summed E-state index contributed by atoms with van der Waals surface area (Å²) < 4.78 is 6.42. The van der Waals surface area contributed by atoms with Crippen molar-refractivity contribution in [3.8, 4) is 0 Å². The van der Waals surface area contributed by atoms with E-state index in [-0.39, 0.29) is 13.2 Å². The van der Waals surface area contributed by atoms with Crippen molar-refractivity contribution in [1.29, 1.82) is 0 Å². The first-order valence-corrected chi connectivity index (χ1v) is 5.87. The molecule has 4 N–H and O–H groups in total. The lowest BCUT2D eigenvalue weighted by Crippen LogP contribution is -2.37. The maximum atomic E-state index is 11.7. The first kappa shape index (κ1) is 13.9. The van der Waals surface area contributed by atoms with E-state index in [1.165, 1.54) is 13.1 Å². The van der Waals surface area contributed by atoms with E-state index >= 15 is 0 Å². The minimum atomic E-state index is -1.15. The molecule has 1 aromatic rings. The van der Waals surface area contributed by atoms with Crippen LogP contribution in [0, 0.1) is 12.8 Å². The Labute approximate surface area is 107 Å². The normalized spacial score (nSPS) is 30.7. The number of H-pyrrole nitrogens is 1. The predicted molar refractivity (Wildman–Crippen MR) is 63.6 cm³/mol. The standard InChI is InChI=1S/C11H16N2O6/c1-5-2-13(11(18)12-9(5)17)10-8(16)6(3-14)7(4-15)19-10/h2,6-8,10,14-16H,3-4H2,1H3,(H,12,17,18)/t6-,7-,8-,10-/m1/s1. The Morgan fingerprint density at radius 1 is 1.37 bits per heavy atom. The highest BCUT2D eigenvalue weighted by Crippen LogP contribution is 2.32. The van der Waals surface area contributed by atoms with E-state index in [0.29, 0.717) is 5.56 Å². The van der Waals surface area contributed by atoms with Crippen molar-refractivity contribution in [2.75, 3.05) is 13.2 Å². The molecule has 0 aromatic carbocycles. The van der Waals surface area contributed by atoms with Gasteiger partial charge in [0.2, 0.25) is 0 Å². The number of ether oxygens (including phenoxy) is 1. The van der Waals surface area contributed by atoms with Gasteiger partial charge in [-0.25, -0.2) is 4.79 Å². The molecule has 0 saturated carbocycles. The number of nitrogens with zero attached hydrogens (tertiary/aromatic N) is 1. The molecule has 106 valence electrons. The van der Waals surface area contributed by atoms with Gasteiger partial charge in [0.25, 0.3) is 5.56 Å². The largest absolute Gasteiger partial charge is 0.396 e. The highest BCUT2D eigenvalue weighted by Gasteiger charge is 2.44. The number of hydrogen-bond donors (Lipinski definition) is 4. The highest BCUT2D eigenvalue weighted by molar-refractivity contribution is 5.03. The van der Waals surface area contributed by atoms with Gasteiger partial charge in [0.05, 0.1) is 19.3 Å². The van der Waals surface area contributed by atoms with E-state index < -0.39 is 35.6 Å². The summed E-state index contributed by atoms with van der Waals surface area (Å²) in [5.74, 6) is -0.686. The van der Waals surface area contributed by atoms with Crippen molar-refractivity contribution in [3.63, 3.8) is 0 Å². The van der Waals surface area contributed by atoms with Crippen LogP contribution < -0.4 is 11.2 Å². The lowest BCUT2D eigenvalue weighted by atomic mass is 9.99. The fraction of sp³-hybridized carbons (Fsp3) is 0.636. The third-order valence-electron chi connectivity index (χ3n) is 3.33. The Kier molecular flexibility index (Phi) is 3.85. The zero-order valence-corrected chi connectivity index (χ0v) is 10.3. The molecular weight excluding hydrogens is 256 g/mol. The second-order valence-corrected chi connectivity index (χ2v) is 4.56. The van der Waals surface area contributed by atoms with Gasteiger partial charge in [0, 0.05) is 17.7 Å². The Hall–Kier alpha value is -1.48. The molecule has 1 saturated heterocycles. The summed E-state index contributed by atoms with van der Waals surface area (Å²) in [6.45, 7) is 0.763. The van der Waals surface area contributed by atoms with Gasteiger partial charge in [-0.05, 0) is 6.92 Å². The van der Waals surface area contributed by atoms with Crippen molar-refractivity contribution >= 4 is 0 Å². The summed E-state index contributed by atoms with van der Waals surface area (Å²) in [4.78, 5) is 25.1. The second-order valence-electron chi connectivity index (χ2n) is 4.56. The Morgan fingerprint density at radius 2 is 2.05 bits per heavy atom. The number of aliphatic hydroxyl groups excluding tert-OH is 3. The van der Waals surface area contributed by atoms with Crippen LogP contribution in [0.1, 0.15) is 11.8 Å². The van der Waals surface area contributed by atoms with Gasteiger partial charge in [-0.15, -0.1) is 0 Å². The number of aromatic amines is 1. The van der Waals surface area contributed by atoms with E-state index in [4.69, 9.17) is 9.84 Å². The van der Waals surface area contributed by atoms with E-state index in [9.17, 15) is 19.8 Å². The molecule has 0 amide bonds. The third-order valence-corrected chi connectivity index (χ3v) is 3.33. The number of hydrogen-bond acceptors (Lipinski definition) is 6. The van der Waals surface area contributed by atoms with E-state index in [1.54, 1.807) is 0 Å². The number of aliphatic hydroxyl groups is 3. The lowest BCUT2D eigenvalue weighted by molar-refractivity contribution is -0.0539. The van der Waals surface area contributed by atoms with E-state index in [1.807, 2.05) is 0 Å². The van der Waals surface area contributed by atoms with Crippen LogP contribution in [0.25, 0.3) is 0 Å². The van der Waals surface area contributed by atoms with Crippen LogP contribution >= 0.6 is 0 Å². The molecule has 8 heteroatoms. The van der Waals surface area contributed by atoms with Gasteiger partial charge in [-0.1, -0.05) is 0 Å². The van der Waals surface area contributed by atoms with Gasteiger partial charge >= 0.3 is 5.69 Å². The average molecular weight is 272 g/mol. The smallest absolute Gasteiger partial charge is 0.330 e. The molecule has 2 heterocycles. The van der Waals surface area contributed by atoms with Gasteiger partial charge in [0.15, 0.2) is 6.23 Å². The summed E-state index contributed by atoms with van der Waals surface area (Å²) in [5.41, 5.74) is -0.926. The Balaban J connectivity index is 2.41. The summed E-state index contributed by atoms with van der Waals surface area (Å²) in [6, 6.07) is 0. The Morgan fingerprint density at radius 3 is 2.58 bits per heavy atom. The third kappa shape index (κ3) is 2.35. The van der Waals surface area contributed by atoms with E-state index in [0.717, 1.165) is 4.57 Å². The van der Waals surface area contributed by atoms with Gasteiger partial charge in [-0.2, -0.15) is 0 Å². The fourth-order valence-electron chi connectivity index (χ4n) is 2.20. The van der Waals surface area contributed by atoms with Crippen molar-refractivity contribution in [2.45, 2.75) is 25.4 Å². The van der Waals surface area contributed by atoms with Crippen molar-refractivity contribution in [1.82, 2.24) is 9.55 Å². The minimum absolute atomic E-state index is 0.295. The minimum Gasteiger partial charge on any atom is -0.396 e. The van der Waals surface area contributed by atoms with Crippen molar-refractivity contribution in [2.24, 2.45) is 5.92 Å². The maximum Gasteiger partial charge on any atom is 0.330 e. The summed E-state index contributed by atoms with van der Waals surface area (Å²) in [5, 5.41) is 28.3. The molecule has 4 atom stereocenters. The summed E-state index contributed by atoms with van der Waals surface area (Å²) in [7, 11) is 0. The quantitative estimate of drug-likeness (QED) is 0.490. The average Bonchev–Trinajstić information content (AvgIpc) is 2.70. The highest BCUT2D eigenvalue weighted by atomic mass is 16.5. The lowest BCUT2D eigenvalue weighted by Gasteiger charge is -2.18. The number of aryl methyl sites for hydroxylation is 1. The van der Waals surface area contributed by atoms with Gasteiger partial charge in [-0.3, -0.25) is 14.3 Å². The van der Waals surface area contributed by atoms with Crippen molar-refractivity contribution in [3.05, 3.63) is 32.6 Å².